The molecule has 1 unspecified atom stereocenters. The third kappa shape index (κ3) is 2.48. The highest BCUT2D eigenvalue weighted by molar-refractivity contribution is 7.07. The van der Waals surface area contributed by atoms with Crippen LogP contribution >= 0.6 is 22.9 Å². The van der Waals surface area contributed by atoms with Gasteiger partial charge < -0.3 is 0 Å². The minimum atomic E-state index is 0.654. The number of thiazole rings is 1. The molecule has 3 heteroatoms. The first kappa shape index (κ1) is 10.4. The lowest BCUT2D eigenvalue weighted by Crippen LogP contribution is -2.16. The number of hydrogen-bond donors (Lipinski definition) is 0. The van der Waals surface area contributed by atoms with Crippen molar-refractivity contribution in [2.45, 2.75) is 32.1 Å². The van der Waals surface area contributed by atoms with Crippen molar-refractivity contribution >= 4 is 22.9 Å². The molecule has 1 atom stereocenters. The van der Waals surface area contributed by atoms with Gasteiger partial charge in [0.05, 0.1) is 11.2 Å². The lowest BCUT2D eigenvalue weighted by molar-refractivity contribution is 0.367. The largest absolute Gasteiger partial charge is 0.250 e. The van der Waals surface area contributed by atoms with Crippen LogP contribution in [0.1, 0.15) is 31.4 Å². The maximum Gasteiger partial charge on any atom is 0.0794 e. The average Bonchev–Trinajstić information content (AvgIpc) is 2.86. The highest BCUT2D eigenvalue weighted by atomic mass is 35.5. The van der Waals surface area contributed by atoms with Crippen LogP contribution < -0.4 is 0 Å². The third-order valence-electron chi connectivity index (χ3n) is 3.22. The van der Waals surface area contributed by atoms with Gasteiger partial charge in [-0.1, -0.05) is 25.7 Å². The molecule has 0 amide bonds. The highest BCUT2D eigenvalue weighted by Gasteiger charge is 2.24. The zero-order valence-electron chi connectivity index (χ0n) is 8.29. The molecule has 0 aliphatic heterocycles. The van der Waals surface area contributed by atoms with Gasteiger partial charge in [-0.2, -0.15) is 0 Å². The second kappa shape index (κ2) is 5.13. The predicted molar refractivity (Wildman–Crippen MR) is 62.0 cm³/mol. The smallest absolute Gasteiger partial charge is 0.0794 e. The minimum absolute atomic E-state index is 0.654. The summed E-state index contributed by atoms with van der Waals surface area (Å²) in [6, 6.07) is 0. The first-order chi connectivity index (χ1) is 6.90. The molecule has 14 heavy (non-hydrogen) atoms. The monoisotopic (exact) mass is 229 g/mol. The van der Waals surface area contributed by atoms with Crippen LogP contribution in [0.3, 0.4) is 0 Å². The van der Waals surface area contributed by atoms with Crippen LogP contribution in [-0.2, 0) is 6.42 Å². The molecule has 1 aliphatic carbocycles. The van der Waals surface area contributed by atoms with Crippen molar-refractivity contribution in [2.75, 3.05) is 5.88 Å². The molecule has 0 radical (unpaired) electrons. The van der Waals surface area contributed by atoms with Gasteiger partial charge in [-0.3, -0.25) is 0 Å². The Morgan fingerprint density at radius 2 is 2.29 bits per heavy atom. The van der Waals surface area contributed by atoms with E-state index in [9.17, 15) is 0 Å². The van der Waals surface area contributed by atoms with E-state index in [1.807, 2.05) is 5.51 Å². The van der Waals surface area contributed by atoms with E-state index in [-0.39, 0.29) is 0 Å². The van der Waals surface area contributed by atoms with Gasteiger partial charge in [0.25, 0.3) is 0 Å². The number of hydrogen-bond acceptors (Lipinski definition) is 2. The topological polar surface area (TPSA) is 12.9 Å². The summed E-state index contributed by atoms with van der Waals surface area (Å²) in [5, 5.41) is 2.15. The Morgan fingerprint density at radius 3 is 2.86 bits per heavy atom. The van der Waals surface area contributed by atoms with Gasteiger partial charge in [0, 0.05) is 11.3 Å². The van der Waals surface area contributed by atoms with Gasteiger partial charge in [0.15, 0.2) is 0 Å². The molecule has 1 fully saturated rings. The quantitative estimate of drug-likeness (QED) is 0.717. The van der Waals surface area contributed by atoms with E-state index in [1.54, 1.807) is 11.3 Å². The Bertz CT molecular complexity index is 254. The molecule has 0 bridgehead atoms. The second-order valence-electron chi connectivity index (χ2n) is 4.14. The van der Waals surface area contributed by atoms with Crippen LogP contribution in [0.15, 0.2) is 10.9 Å². The Labute approximate surface area is 94.5 Å². The van der Waals surface area contributed by atoms with Crippen LogP contribution in [0.2, 0.25) is 0 Å². The number of alkyl halides is 1. The van der Waals surface area contributed by atoms with E-state index in [4.69, 9.17) is 11.6 Å². The molecule has 0 aromatic carbocycles. The third-order valence-corrected chi connectivity index (χ3v) is 4.25. The molecule has 78 valence electrons. The molecule has 0 spiro atoms. The van der Waals surface area contributed by atoms with Crippen LogP contribution in [0.4, 0.5) is 0 Å². The molecule has 1 aromatic rings. The molecule has 1 aliphatic rings. The summed E-state index contributed by atoms with van der Waals surface area (Å²) in [6.07, 6.45) is 6.63. The van der Waals surface area contributed by atoms with Crippen LogP contribution in [0, 0.1) is 11.8 Å². The zero-order chi connectivity index (χ0) is 9.80. The summed E-state index contributed by atoms with van der Waals surface area (Å²) in [4.78, 5) is 4.34. The van der Waals surface area contributed by atoms with E-state index >= 15 is 0 Å². The van der Waals surface area contributed by atoms with Gasteiger partial charge in [-0.15, -0.1) is 22.9 Å². The van der Waals surface area contributed by atoms with Gasteiger partial charge in [-0.25, -0.2) is 4.98 Å². The van der Waals surface area contributed by atoms with E-state index < -0.39 is 0 Å². The lowest BCUT2D eigenvalue weighted by Gasteiger charge is -2.19. The van der Waals surface area contributed by atoms with Crippen molar-refractivity contribution in [1.29, 1.82) is 0 Å². The van der Waals surface area contributed by atoms with Crippen molar-refractivity contribution in [3.05, 3.63) is 16.6 Å². The number of aromatic nitrogens is 1. The summed E-state index contributed by atoms with van der Waals surface area (Å²) >= 11 is 7.72. The molecule has 0 saturated heterocycles. The van der Waals surface area contributed by atoms with E-state index in [2.05, 4.69) is 10.4 Å². The summed E-state index contributed by atoms with van der Waals surface area (Å²) in [6.45, 7) is 0. The maximum atomic E-state index is 6.04. The van der Waals surface area contributed by atoms with Gasteiger partial charge in [0.1, 0.15) is 0 Å². The van der Waals surface area contributed by atoms with Crippen molar-refractivity contribution in [1.82, 2.24) is 4.98 Å². The molecular formula is C11H16ClNS. The van der Waals surface area contributed by atoms with E-state index in [1.165, 1.54) is 31.4 Å². The Morgan fingerprint density at radius 1 is 1.50 bits per heavy atom. The zero-order valence-corrected chi connectivity index (χ0v) is 9.86. The summed E-state index contributed by atoms with van der Waals surface area (Å²) in [7, 11) is 0. The normalized spacial score (nSPS) is 20.1. The standard InChI is InChI=1S/C11H16ClNS/c12-6-10(9-3-1-2-4-9)5-11-7-14-8-13-11/h7-10H,1-6H2. The molecule has 1 heterocycles. The number of halogens is 1. The van der Waals surface area contributed by atoms with Crippen LogP contribution in [0.25, 0.3) is 0 Å². The van der Waals surface area contributed by atoms with Crippen molar-refractivity contribution < 1.29 is 0 Å². The maximum absolute atomic E-state index is 6.04. The lowest BCUT2D eigenvalue weighted by atomic mass is 9.89. The number of rotatable bonds is 4. The second-order valence-corrected chi connectivity index (χ2v) is 5.17. The molecule has 0 N–H and O–H groups in total. The fraction of sp³-hybridized carbons (Fsp3) is 0.727. The summed E-state index contributed by atoms with van der Waals surface area (Å²) < 4.78 is 0. The Kier molecular flexibility index (Phi) is 3.82. The first-order valence-corrected chi connectivity index (χ1v) is 6.81. The summed E-state index contributed by atoms with van der Waals surface area (Å²) in [5.41, 5.74) is 3.14. The predicted octanol–water partition coefficient (Wildman–Crippen LogP) is 3.73. The Hall–Kier alpha value is -0.0800. The van der Waals surface area contributed by atoms with Crippen LogP contribution in [0.5, 0.6) is 0 Å². The Balaban J connectivity index is 1.92. The minimum Gasteiger partial charge on any atom is -0.250 e. The van der Waals surface area contributed by atoms with E-state index in [0.29, 0.717) is 5.92 Å². The molecule has 1 aromatic heterocycles. The fourth-order valence-corrected chi connectivity index (χ4v) is 3.32. The van der Waals surface area contributed by atoms with Crippen LogP contribution in [-0.4, -0.2) is 10.9 Å². The number of nitrogens with zero attached hydrogens (tertiary/aromatic N) is 1. The highest BCUT2D eigenvalue weighted by Crippen LogP contribution is 2.33. The van der Waals surface area contributed by atoms with Gasteiger partial charge >= 0.3 is 0 Å². The van der Waals surface area contributed by atoms with Crippen molar-refractivity contribution in [3.8, 4) is 0 Å². The molecule has 1 nitrogen and oxygen atoms in total. The van der Waals surface area contributed by atoms with Gasteiger partial charge in [0.2, 0.25) is 0 Å². The first-order valence-electron chi connectivity index (χ1n) is 5.33. The van der Waals surface area contributed by atoms with Gasteiger partial charge in [-0.05, 0) is 18.3 Å². The molecular weight excluding hydrogens is 214 g/mol. The SMILES string of the molecule is ClCC(Cc1cscn1)C1CCCC1. The van der Waals surface area contributed by atoms with Crippen molar-refractivity contribution in [2.24, 2.45) is 11.8 Å². The summed E-state index contributed by atoms with van der Waals surface area (Å²) in [5.74, 6) is 2.30. The van der Waals surface area contributed by atoms with Crippen molar-refractivity contribution in [3.63, 3.8) is 0 Å². The molecule has 2 rings (SSSR count). The van der Waals surface area contributed by atoms with E-state index in [0.717, 1.165) is 18.2 Å². The molecule has 1 saturated carbocycles. The average molecular weight is 230 g/mol. The fourth-order valence-electron chi connectivity index (χ4n) is 2.38.